The van der Waals surface area contributed by atoms with Gasteiger partial charge in [-0.3, -0.25) is 4.79 Å². The molecule has 1 aliphatic heterocycles. The summed E-state index contributed by atoms with van der Waals surface area (Å²) in [7, 11) is 0. The third kappa shape index (κ3) is 2.27. The molecule has 1 fully saturated rings. The van der Waals surface area contributed by atoms with Gasteiger partial charge in [-0.15, -0.1) is 0 Å². The molecule has 0 aromatic carbocycles. The van der Waals surface area contributed by atoms with Gasteiger partial charge in [0.1, 0.15) is 0 Å². The van der Waals surface area contributed by atoms with Crippen molar-refractivity contribution in [2.75, 3.05) is 13.1 Å². The quantitative estimate of drug-likeness (QED) is 0.793. The highest BCUT2D eigenvalue weighted by atomic mass is 16.5. The van der Waals surface area contributed by atoms with Crippen LogP contribution in [0.1, 0.15) is 29.9 Å². The van der Waals surface area contributed by atoms with Crippen molar-refractivity contribution in [3.8, 4) is 0 Å². The zero-order chi connectivity index (χ0) is 14.3. The molecule has 0 spiro atoms. The summed E-state index contributed by atoms with van der Waals surface area (Å²) in [6.45, 7) is 6.98. The van der Waals surface area contributed by atoms with Crippen LogP contribution in [0.2, 0.25) is 0 Å². The van der Waals surface area contributed by atoms with Crippen molar-refractivity contribution in [1.29, 1.82) is 0 Å². The molecule has 6 nitrogen and oxygen atoms in total. The fourth-order valence-corrected chi connectivity index (χ4v) is 2.59. The fraction of sp³-hybridized carbons (Fsp3) is 0.500. The number of carbonyl (C=O) groups is 1. The molecule has 0 aliphatic carbocycles. The first-order chi connectivity index (χ1) is 9.54. The number of aromatic nitrogens is 2. The van der Waals surface area contributed by atoms with Crippen LogP contribution in [0, 0.1) is 6.92 Å². The van der Waals surface area contributed by atoms with Gasteiger partial charge in [0.15, 0.2) is 0 Å². The average molecular weight is 275 g/mol. The third-order valence-electron chi connectivity index (χ3n) is 3.46. The molecule has 0 radical (unpaired) electrons. The van der Waals surface area contributed by atoms with E-state index >= 15 is 0 Å². The van der Waals surface area contributed by atoms with Crippen LogP contribution in [0.25, 0.3) is 11.1 Å². The monoisotopic (exact) mass is 275 g/mol. The normalized spacial score (nSPS) is 23.2. The number of morpholine rings is 1. The Balaban J connectivity index is 1.89. The first kappa shape index (κ1) is 13.1. The molecule has 2 atom stereocenters. The standard InChI is InChI=1S/C14H17N3O3/c1-8-6-17(7-9(2)19-8)14(18)11-4-12-10(3)16-20-13(12)15-5-11/h4-5,8-9H,6-7H2,1-3H3. The molecule has 20 heavy (non-hydrogen) atoms. The number of rotatable bonds is 1. The molecule has 3 rings (SSSR count). The number of hydrogen-bond acceptors (Lipinski definition) is 5. The molecule has 0 N–H and O–H groups in total. The van der Waals surface area contributed by atoms with Crippen LogP contribution >= 0.6 is 0 Å². The summed E-state index contributed by atoms with van der Waals surface area (Å²) < 4.78 is 10.7. The first-order valence-electron chi connectivity index (χ1n) is 6.71. The number of ether oxygens (including phenoxy) is 1. The maximum Gasteiger partial charge on any atom is 0.257 e. The van der Waals surface area contributed by atoms with E-state index in [-0.39, 0.29) is 18.1 Å². The summed E-state index contributed by atoms with van der Waals surface area (Å²) in [6, 6.07) is 1.79. The lowest BCUT2D eigenvalue weighted by Crippen LogP contribution is -2.48. The molecule has 2 unspecified atom stereocenters. The highest BCUT2D eigenvalue weighted by molar-refractivity contribution is 5.97. The van der Waals surface area contributed by atoms with Gasteiger partial charge in [-0.2, -0.15) is 0 Å². The Morgan fingerprint density at radius 3 is 2.75 bits per heavy atom. The van der Waals surface area contributed by atoms with Gasteiger partial charge in [0.2, 0.25) is 0 Å². The summed E-state index contributed by atoms with van der Waals surface area (Å²) in [5.74, 6) is -0.0259. The van der Waals surface area contributed by atoms with Gasteiger partial charge in [0.25, 0.3) is 11.6 Å². The molecule has 106 valence electrons. The molecular formula is C14H17N3O3. The van der Waals surface area contributed by atoms with Crippen molar-refractivity contribution >= 4 is 17.0 Å². The maximum atomic E-state index is 12.5. The minimum Gasteiger partial charge on any atom is -0.372 e. The Bertz CT molecular complexity index is 642. The summed E-state index contributed by atoms with van der Waals surface area (Å²) in [4.78, 5) is 18.5. The SMILES string of the molecule is Cc1noc2ncc(C(=O)N3CC(C)OC(C)C3)cc12. The molecule has 1 aliphatic rings. The molecule has 0 saturated carbocycles. The van der Waals surface area contributed by atoms with Crippen molar-refractivity contribution in [2.45, 2.75) is 33.0 Å². The van der Waals surface area contributed by atoms with Gasteiger partial charge in [-0.25, -0.2) is 4.98 Å². The molecule has 2 aromatic heterocycles. The van der Waals surface area contributed by atoms with Gasteiger partial charge in [-0.05, 0) is 26.8 Å². The van der Waals surface area contributed by atoms with Crippen LogP contribution in [0.4, 0.5) is 0 Å². The number of amides is 1. The molecule has 3 heterocycles. The van der Waals surface area contributed by atoms with E-state index in [2.05, 4.69) is 10.1 Å². The van der Waals surface area contributed by atoms with E-state index in [1.807, 2.05) is 25.7 Å². The lowest BCUT2D eigenvalue weighted by Gasteiger charge is -2.35. The maximum absolute atomic E-state index is 12.5. The van der Waals surface area contributed by atoms with E-state index in [0.29, 0.717) is 24.4 Å². The second kappa shape index (κ2) is 4.86. The van der Waals surface area contributed by atoms with Crippen LogP contribution in [0.5, 0.6) is 0 Å². The van der Waals surface area contributed by atoms with Gasteiger partial charge in [0, 0.05) is 19.3 Å². The van der Waals surface area contributed by atoms with Crippen LogP contribution in [-0.2, 0) is 4.74 Å². The van der Waals surface area contributed by atoms with E-state index in [4.69, 9.17) is 9.26 Å². The number of carbonyl (C=O) groups excluding carboxylic acids is 1. The Labute approximate surface area is 116 Å². The van der Waals surface area contributed by atoms with Gasteiger partial charge in [-0.1, -0.05) is 5.16 Å². The second-order valence-electron chi connectivity index (χ2n) is 5.31. The molecule has 1 saturated heterocycles. The zero-order valence-electron chi connectivity index (χ0n) is 11.8. The van der Waals surface area contributed by atoms with Crippen LogP contribution in [0.15, 0.2) is 16.8 Å². The predicted molar refractivity (Wildman–Crippen MR) is 72.5 cm³/mol. The highest BCUT2D eigenvalue weighted by Gasteiger charge is 2.27. The van der Waals surface area contributed by atoms with E-state index < -0.39 is 0 Å². The summed E-state index contributed by atoms with van der Waals surface area (Å²) in [5.41, 5.74) is 1.76. The minimum atomic E-state index is -0.0259. The molecule has 6 heteroatoms. The van der Waals surface area contributed by atoms with E-state index in [1.165, 1.54) is 0 Å². The summed E-state index contributed by atoms with van der Waals surface area (Å²) in [6.07, 6.45) is 1.65. The lowest BCUT2D eigenvalue weighted by molar-refractivity contribution is -0.0586. The number of hydrogen-bond donors (Lipinski definition) is 0. The van der Waals surface area contributed by atoms with Crippen molar-refractivity contribution in [3.63, 3.8) is 0 Å². The topological polar surface area (TPSA) is 68.5 Å². The average Bonchev–Trinajstić information content (AvgIpc) is 2.78. The minimum absolute atomic E-state index is 0.0259. The van der Waals surface area contributed by atoms with E-state index in [1.54, 1.807) is 12.3 Å². The van der Waals surface area contributed by atoms with Crippen molar-refractivity contribution in [1.82, 2.24) is 15.0 Å². The number of pyridine rings is 1. The van der Waals surface area contributed by atoms with E-state index in [9.17, 15) is 4.79 Å². The van der Waals surface area contributed by atoms with E-state index in [0.717, 1.165) is 11.1 Å². The summed E-state index contributed by atoms with van der Waals surface area (Å²) >= 11 is 0. The summed E-state index contributed by atoms with van der Waals surface area (Å²) in [5, 5.41) is 4.63. The van der Waals surface area contributed by atoms with Crippen molar-refractivity contribution < 1.29 is 14.1 Å². The van der Waals surface area contributed by atoms with Crippen molar-refractivity contribution in [2.24, 2.45) is 0 Å². The van der Waals surface area contributed by atoms with Crippen molar-refractivity contribution in [3.05, 3.63) is 23.5 Å². The lowest BCUT2D eigenvalue weighted by atomic mass is 10.1. The Hall–Kier alpha value is -1.95. The second-order valence-corrected chi connectivity index (χ2v) is 5.31. The number of fused-ring (bicyclic) bond motifs is 1. The fourth-order valence-electron chi connectivity index (χ4n) is 2.59. The molecule has 0 bridgehead atoms. The zero-order valence-corrected chi connectivity index (χ0v) is 11.8. The van der Waals surface area contributed by atoms with Gasteiger partial charge < -0.3 is 14.2 Å². The third-order valence-corrected chi connectivity index (χ3v) is 3.46. The van der Waals surface area contributed by atoms with Crippen LogP contribution in [0.3, 0.4) is 0 Å². The van der Waals surface area contributed by atoms with Crippen LogP contribution < -0.4 is 0 Å². The number of aryl methyl sites for hydroxylation is 1. The van der Waals surface area contributed by atoms with Crippen LogP contribution in [-0.4, -0.2) is 46.2 Å². The largest absolute Gasteiger partial charge is 0.372 e. The highest BCUT2D eigenvalue weighted by Crippen LogP contribution is 2.19. The molecule has 1 amide bonds. The molecule has 2 aromatic rings. The Kier molecular flexibility index (Phi) is 3.17. The predicted octanol–water partition coefficient (Wildman–Crippen LogP) is 1.78. The first-order valence-corrected chi connectivity index (χ1v) is 6.71. The smallest absolute Gasteiger partial charge is 0.257 e. The number of nitrogens with zero attached hydrogens (tertiary/aromatic N) is 3. The Morgan fingerprint density at radius 1 is 1.35 bits per heavy atom. The Morgan fingerprint density at radius 2 is 2.05 bits per heavy atom. The molecular weight excluding hydrogens is 258 g/mol. The van der Waals surface area contributed by atoms with Gasteiger partial charge in [0.05, 0.1) is 28.9 Å². The van der Waals surface area contributed by atoms with Gasteiger partial charge >= 0.3 is 0 Å².